The Hall–Kier alpha value is -5.50. The Kier molecular flexibility index (Phi) is 12.5. The van der Waals surface area contributed by atoms with Gasteiger partial charge in [-0.25, -0.2) is 14.6 Å². The van der Waals surface area contributed by atoms with Crippen molar-refractivity contribution in [3.8, 4) is 21.6 Å². The first-order chi connectivity index (χ1) is 28.6. The molecule has 6 atom stereocenters. The summed E-state index contributed by atoms with van der Waals surface area (Å²) in [5.41, 5.74) is 8.68. The Labute approximate surface area is 356 Å². The molecule has 2 saturated heterocycles. The average molecular weight is 836 g/mol. The number of hydrogen-bond acceptors (Lipinski definition) is 9. The summed E-state index contributed by atoms with van der Waals surface area (Å²) in [6.45, 7) is 15.3. The third-order valence-electron chi connectivity index (χ3n) is 12.1. The van der Waals surface area contributed by atoms with Crippen LogP contribution in [-0.4, -0.2) is 94.9 Å². The first-order valence-corrected chi connectivity index (χ1v) is 21.7. The summed E-state index contributed by atoms with van der Waals surface area (Å²) < 4.78 is 9.59. The van der Waals surface area contributed by atoms with Crippen LogP contribution in [0.15, 0.2) is 59.7 Å². The molecular weight excluding hydrogens is 779 g/mol. The predicted molar refractivity (Wildman–Crippen MR) is 235 cm³/mol. The number of carbonyl (C=O) groups excluding carboxylic acids is 4. The summed E-state index contributed by atoms with van der Waals surface area (Å²) in [5.74, 6) is 0.956. The number of aromatic nitrogens is 2. The van der Waals surface area contributed by atoms with Gasteiger partial charge in [0.1, 0.15) is 22.7 Å². The zero-order valence-electron chi connectivity index (χ0n) is 36.0. The highest BCUT2D eigenvalue weighted by atomic mass is 32.1. The molecule has 3 N–H and O–H groups in total. The number of hydrogen-bond donors (Lipinski definition) is 3. The molecular formula is C46H57N7O6S. The molecule has 0 unspecified atom stereocenters. The topological polar surface area (TPSA) is 158 Å². The second kappa shape index (κ2) is 17.6. The van der Waals surface area contributed by atoms with E-state index in [0.29, 0.717) is 31.3 Å². The molecule has 2 aromatic carbocycles. The largest absolute Gasteiger partial charge is 0.453 e. The summed E-state index contributed by atoms with van der Waals surface area (Å²) in [6.07, 6.45) is 3.00. The van der Waals surface area contributed by atoms with Gasteiger partial charge in [-0.15, -0.1) is 11.3 Å². The molecule has 0 aliphatic carbocycles. The SMILES string of the molecule is COC(=O)N[C@H](C(=O)N1C[C@@H](C)C[C@H]1C1=NC=C(c2ccc(-c3ccc(-c4cc5[nH]c([C@@H]6C[C@H](C)CN6C(=O)[C@@H](NC(=O)OC)C(C)C)nc5s4)cc3)c(C)c2)C1)C(C)C. The number of likely N-dealkylation sites (tertiary alicyclic amines) is 2. The molecule has 60 heavy (non-hydrogen) atoms. The third-order valence-corrected chi connectivity index (χ3v) is 13.2. The fourth-order valence-electron chi connectivity index (χ4n) is 8.87. The summed E-state index contributed by atoms with van der Waals surface area (Å²) >= 11 is 1.62. The number of fused-ring (bicyclic) bond motifs is 1. The third kappa shape index (κ3) is 8.70. The number of carbonyl (C=O) groups is 4. The number of aliphatic imine (C=N–C) groups is 1. The molecule has 7 rings (SSSR count). The van der Waals surface area contributed by atoms with Crippen LogP contribution in [0, 0.1) is 30.6 Å². The quantitative estimate of drug-likeness (QED) is 0.137. The van der Waals surface area contributed by atoms with Crippen LogP contribution in [0.3, 0.4) is 0 Å². The molecule has 3 aliphatic rings. The van der Waals surface area contributed by atoms with E-state index in [1.54, 1.807) is 11.3 Å². The Morgan fingerprint density at radius 2 is 1.33 bits per heavy atom. The molecule has 318 valence electrons. The van der Waals surface area contributed by atoms with Crippen molar-refractivity contribution < 1.29 is 28.7 Å². The number of imidazole rings is 1. The number of aryl methyl sites for hydroxylation is 1. The Morgan fingerprint density at radius 1 is 0.783 bits per heavy atom. The van der Waals surface area contributed by atoms with Gasteiger partial charge in [-0.2, -0.15) is 0 Å². The lowest BCUT2D eigenvalue weighted by Gasteiger charge is -2.31. The molecule has 5 heterocycles. The monoisotopic (exact) mass is 835 g/mol. The molecule has 0 saturated carbocycles. The van der Waals surface area contributed by atoms with Crippen molar-refractivity contribution in [3.63, 3.8) is 0 Å². The molecule has 4 amide bonds. The normalized spacial score (nSPS) is 21.3. The van der Waals surface area contributed by atoms with E-state index < -0.39 is 24.3 Å². The Balaban J connectivity index is 1.01. The number of H-pyrrole nitrogens is 1. The highest BCUT2D eigenvalue weighted by molar-refractivity contribution is 7.21. The van der Waals surface area contributed by atoms with Gasteiger partial charge >= 0.3 is 12.2 Å². The standard InChI is InChI=1S/C46H57N7O6S/c1-24(2)39(49-45(56)58-8)43(54)52-22-26(5)16-36(52)34-19-32(21-47-34)31-14-15-33(28(7)18-31)29-10-12-30(13-11-29)38-20-35-42(60-38)51-41(48-35)37-17-27(6)23-53(37)44(55)40(25(3)4)50-46(57)59-9/h10-15,18,20-21,24-27,36-37,39-40H,16-17,19,22-23H2,1-9H3,(H,48,51)(H,49,56)(H,50,57)/t26-,27-,36-,37-,39-,40-/m0/s1. The Morgan fingerprint density at radius 3 is 1.88 bits per heavy atom. The minimum atomic E-state index is -0.689. The lowest BCUT2D eigenvalue weighted by atomic mass is 9.92. The number of allylic oxidation sites excluding steroid dienone is 1. The van der Waals surface area contributed by atoms with E-state index >= 15 is 0 Å². The van der Waals surface area contributed by atoms with Gasteiger partial charge in [-0.3, -0.25) is 14.6 Å². The zero-order chi connectivity index (χ0) is 43.0. The number of methoxy groups -OCH3 is 2. The average Bonchev–Trinajstić information content (AvgIpc) is 4.07. The van der Waals surface area contributed by atoms with Crippen molar-refractivity contribution in [2.24, 2.45) is 28.7 Å². The lowest BCUT2D eigenvalue weighted by molar-refractivity contribution is -0.136. The second-order valence-corrected chi connectivity index (χ2v) is 18.5. The number of aromatic amines is 1. The fourth-order valence-corrected chi connectivity index (χ4v) is 9.87. The van der Waals surface area contributed by atoms with Gasteiger partial charge in [0.2, 0.25) is 11.8 Å². The van der Waals surface area contributed by atoms with Crippen LogP contribution >= 0.6 is 11.3 Å². The molecule has 0 bridgehead atoms. The van der Waals surface area contributed by atoms with Crippen LogP contribution < -0.4 is 10.6 Å². The maximum Gasteiger partial charge on any atom is 0.407 e. The van der Waals surface area contributed by atoms with Gasteiger partial charge in [-0.1, -0.05) is 84.0 Å². The predicted octanol–water partition coefficient (Wildman–Crippen LogP) is 8.36. The first kappa shape index (κ1) is 42.6. The Bertz CT molecular complexity index is 2300. The van der Waals surface area contributed by atoms with Crippen LogP contribution in [0.4, 0.5) is 9.59 Å². The maximum absolute atomic E-state index is 13.8. The van der Waals surface area contributed by atoms with Gasteiger partial charge in [0.25, 0.3) is 0 Å². The number of ether oxygens (including phenoxy) is 2. The van der Waals surface area contributed by atoms with Crippen LogP contribution in [0.1, 0.15) is 83.8 Å². The number of nitrogens with one attached hydrogen (secondary N) is 3. The van der Waals surface area contributed by atoms with E-state index in [9.17, 15) is 19.2 Å². The number of alkyl carbamates (subject to hydrolysis) is 2. The van der Waals surface area contributed by atoms with Crippen molar-refractivity contribution >= 4 is 57.0 Å². The summed E-state index contributed by atoms with van der Waals surface area (Å²) in [4.78, 5) is 70.7. The molecule has 14 heteroatoms. The summed E-state index contributed by atoms with van der Waals surface area (Å²) in [5, 5.41) is 5.46. The van der Waals surface area contributed by atoms with Crippen molar-refractivity contribution in [1.82, 2.24) is 30.4 Å². The summed E-state index contributed by atoms with van der Waals surface area (Å²) in [6, 6.07) is 15.6. The molecule has 2 aromatic heterocycles. The van der Waals surface area contributed by atoms with Crippen LogP contribution in [-0.2, 0) is 19.1 Å². The van der Waals surface area contributed by atoms with Gasteiger partial charge in [0.05, 0.1) is 31.8 Å². The minimum Gasteiger partial charge on any atom is -0.453 e. The lowest BCUT2D eigenvalue weighted by Crippen LogP contribution is -2.53. The van der Waals surface area contributed by atoms with Gasteiger partial charge in [-0.05, 0) is 82.9 Å². The van der Waals surface area contributed by atoms with Crippen molar-refractivity contribution in [2.45, 2.75) is 91.9 Å². The number of nitrogens with zero attached hydrogens (tertiary/aromatic N) is 4. The van der Waals surface area contributed by atoms with Gasteiger partial charge < -0.3 is 34.9 Å². The molecule has 0 spiro atoms. The number of amides is 4. The number of rotatable bonds is 11. The van der Waals surface area contributed by atoms with E-state index in [1.807, 2.05) is 43.7 Å². The van der Waals surface area contributed by atoms with Crippen molar-refractivity contribution in [1.29, 1.82) is 0 Å². The number of benzene rings is 2. The summed E-state index contributed by atoms with van der Waals surface area (Å²) in [7, 11) is 2.60. The molecule has 4 aromatic rings. The van der Waals surface area contributed by atoms with Crippen molar-refractivity contribution in [2.75, 3.05) is 27.3 Å². The van der Waals surface area contributed by atoms with Gasteiger partial charge in [0.15, 0.2) is 0 Å². The molecule has 2 fully saturated rings. The van der Waals surface area contributed by atoms with Crippen molar-refractivity contribution in [3.05, 3.63) is 71.7 Å². The number of thiophene rings is 1. The highest BCUT2D eigenvalue weighted by Gasteiger charge is 2.42. The molecule has 13 nitrogen and oxygen atoms in total. The van der Waals surface area contributed by atoms with E-state index in [0.717, 1.165) is 73.0 Å². The fraction of sp³-hybridized carbons (Fsp3) is 0.478. The van der Waals surface area contributed by atoms with E-state index in [4.69, 9.17) is 19.5 Å². The van der Waals surface area contributed by atoms with Crippen LogP contribution in [0.5, 0.6) is 0 Å². The smallest absolute Gasteiger partial charge is 0.407 e. The highest BCUT2D eigenvalue weighted by Crippen LogP contribution is 2.40. The van der Waals surface area contributed by atoms with Crippen LogP contribution in [0.2, 0.25) is 0 Å². The first-order valence-electron chi connectivity index (χ1n) is 20.9. The minimum absolute atomic E-state index is 0.0929. The van der Waals surface area contributed by atoms with Crippen LogP contribution in [0.25, 0.3) is 37.5 Å². The van der Waals surface area contributed by atoms with E-state index in [1.165, 1.54) is 14.2 Å². The maximum atomic E-state index is 13.8. The molecule has 3 aliphatic heterocycles. The zero-order valence-corrected chi connectivity index (χ0v) is 36.8. The second-order valence-electron chi connectivity index (χ2n) is 17.4. The molecule has 0 radical (unpaired) electrons. The van der Waals surface area contributed by atoms with Gasteiger partial charge in [0, 0.05) is 36.3 Å². The van der Waals surface area contributed by atoms with E-state index in [2.05, 4.69) is 84.9 Å². The van der Waals surface area contributed by atoms with E-state index in [-0.39, 0.29) is 35.7 Å².